The molecule has 0 aliphatic heterocycles. The Hall–Kier alpha value is -2.06. The first-order valence-electron chi connectivity index (χ1n) is 6.52. The number of hydrogen-bond donors (Lipinski definition) is 2. The fraction of sp³-hybridized carbons (Fsp3) is 0.462. The summed E-state index contributed by atoms with van der Waals surface area (Å²) in [6.45, 7) is 2.89. The lowest BCUT2D eigenvalue weighted by atomic mass is 10.1. The normalized spacial score (nSPS) is 9.59. The number of nitrogens with one attached hydrogen (secondary N) is 1. The largest absolute Gasteiger partial charge is 0.493 e. The highest BCUT2D eigenvalue weighted by molar-refractivity contribution is 5.99. The molecule has 22 heavy (non-hydrogen) atoms. The van der Waals surface area contributed by atoms with Crippen molar-refractivity contribution in [3.63, 3.8) is 0 Å². The van der Waals surface area contributed by atoms with Gasteiger partial charge in [0, 0.05) is 12.6 Å². The first kappa shape index (κ1) is 19.9. The van der Waals surface area contributed by atoms with Crippen LogP contribution in [0.2, 0.25) is 0 Å². The molecule has 1 aromatic rings. The second kappa shape index (κ2) is 9.80. The van der Waals surface area contributed by atoms with Crippen LogP contribution in [0.3, 0.4) is 0 Å². The lowest BCUT2D eigenvalue weighted by molar-refractivity contribution is -0.385. The van der Waals surface area contributed by atoms with Crippen LogP contribution in [0, 0.1) is 10.1 Å². The molecule has 0 fully saturated rings. The van der Waals surface area contributed by atoms with Crippen LogP contribution in [-0.2, 0) is 0 Å². The van der Waals surface area contributed by atoms with Crippen molar-refractivity contribution in [2.75, 3.05) is 26.8 Å². The molecule has 0 heterocycles. The maximum absolute atomic E-state index is 12.0. The number of nitro benzene ring substituents is 1. The van der Waals surface area contributed by atoms with Crippen LogP contribution in [-0.4, -0.2) is 37.6 Å². The van der Waals surface area contributed by atoms with Gasteiger partial charge in [0.25, 0.3) is 11.6 Å². The number of ether oxygens (including phenoxy) is 2. The first-order valence-corrected chi connectivity index (χ1v) is 6.52. The van der Waals surface area contributed by atoms with E-state index in [1.807, 2.05) is 0 Å². The minimum Gasteiger partial charge on any atom is -0.493 e. The average molecular weight is 334 g/mol. The Bertz CT molecular complexity index is 525. The third-order valence-electron chi connectivity index (χ3n) is 2.69. The SMILES string of the molecule is CCOc1cc(C(=O)NCCCN)c([N+](=O)[O-])cc1OC.Cl. The van der Waals surface area contributed by atoms with E-state index < -0.39 is 10.8 Å². The van der Waals surface area contributed by atoms with Gasteiger partial charge in [-0.1, -0.05) is 0 Å². The molecule has 8 nitrogen and oxygen atoms in total. The summed E-state index contributed by atoms with van der Waals surface area (Å²) in [5, 5.41) is 13.7. The summed E-state index contributed by atoms with van der Waals surface area (Å²) in [5.74, 6) is -0.0459. The molecule has 3 N–H and O–H groups in total. The van der Waals surface area contributed by atoms with E-state index in [1.54, 1.807) is 6.92 Å². The zero-order valence-corrected chi connectivity index (χ0v) is 13.3. The summed E-state index contributed by atoms with van der Waals surface area (Å²) in [7, 11) is 1.38. The topological polar surface area (TPSA) is 117 Å². The van der Waals surface area contributed by atoms with Gasteiger partial charge in [0.1, 0.15) is 5.56 Å². The minimum atomic E-state index is -0.629. The predicted octanol–water partition coefficient (Wildman–Crippen LogP) is 1.50. The van der Waals surface area contributed by atoms with Gasteiger partial charge in [-0.15, -0.1) is 12.4 Å². The molecule has 0 radical (unpaired) electrons. The fourth-order valence-electron chi connectivity index (χ4n) is 1.71. The Kier molecular flexibility index (Phi) is 8.88. The van der Waals surface area contributed by atoms with Crippen molar-refractivity contribution >= 4 is 24.0 Å². The van der Waals surface area contributed by atoms with Crippen LogP contribution in [0.25, 0.3) is 0 Å². The standard InChI is InChI=1S/C13H19N3O5.ClH/c1-3-21-12-7-9(13(17)15-6-4-5-14)10(16(18)19)8-11(12)20-2;/h7-8H,3-6,14H2,1-2H3,(H,15,17);1H. The molecule has 124 valence electrons. The van der Waals surface area contributed by atoms with Crippen molar-refractivity contribution < 1.29 is 19.2 Å². The van der Waals surface area contributed by atoms with Gasteiger partial charge >= 0.3 is 0 Å². The average Bonchev–Trinajstić information content (AvgIpc) is 2.47. The van der Waals surface area contributed by atoms with E-state index in [1.165, 1.54) is 19.2 Å². The van der Waals surface area contributed by atoms with E-state index in [-0.39, 0.29) is 35.2 Å². The molecule has 0 aliphatic carbocycles. The highest BCUT2D eigenvalue weighted by atomic mass is 35.5. The molecule has 0 aliphatic rings. The van der Waals surface area contributed by atoms with E-state index >= 15 is 0 Å². The van der Waals surface area contributed by atoms with Gasteiger partial charge in [0.15, 0.2) is 11.5 Å². The lowest BCUT2D eigenvalue weighted by Gasteiger charge is -2.12. The number of hydrogen-bond acceptors (Lipinski definition) is 6. The van der Waals surface area contributed by atoms with E-state index in [0.717, 1.165) is 0 Å². The van der Waals surface area contributed by atoms with Crippen molar-refractivity contribution in [1.82, 2.24) is 5.32 Å². The smallest absolute Gasteiger partial charge is 0.286 e. The number of nitrogens with two attached hydrogens (primary N) is 1. The summed E-state index contributed by atoms with van der Waals surface area (Å²) >= 11 is 0. The second-order valence-corrected chi connectivity index (χ2v) is 4.11. The third kappa shape index (κ3) is 5.05. The Balaban J connectivity index is 0.00000441. The monoisotopic (exact) mass is 333 g/mol. The summed E-state index contributed by atoms with van der Waals surface area (Å²) in [5.41, 5.74) is 4.94. The number of halogens is 1. The number of benzene rings is 1. The third-order valence-corrected chi connectivity index (χ3v) is 2.69. The van der Waals surface area contributed by atoms with Crippen molar-refractivity contribution in [2.24, 2.45) is 5.73 Å². The molecule has 1 rings (SSSR count). The van der Waals surface area contributed by atoms with Crippen molar-refractivity contribution in [3.8, 4) is 11.5 Å². The van der Waals surface area contributed by atoms with E-state index in [4.69, 9.17) is 15.2 Å². The molecule has 0 aromatic heterocycles. The molecule has 0 spiro atoms. The summed E-state index contributed by atoms with van der Waals surface area (Å²) in [4.78, 5) is 22.5. The van der Waals surface area contributed by atoms with E-state index in [9.17, 15) is 14.9 Å². The summed E-state index contributed by atoms with van der Waals surface area (Å²) in [6.07, 6.45) is 0.591. The molecular weight excluding hydrogens is 314 g/mol. The van der Waals surface area contributed by atoms with Crippen LogP contribution >= 0.6 is 12.4 Å². The van der Waals surface area contributed by atoms with Gasteiger partial charge < -0.3 is 20.5 Å². The quantitative estimate of drug-likeness (QED) is 0.423. The molecule has 0 atom stereocenters. The van der Waals surface area contributed by atoms with Crippen molar-refractivity contribution in [3.05, 3.63) is 27.8 Å². The Morgan fingerprint density at radius 2 is 2.09 bits per heavy atom. The van der Waals surface area contributed by atoms with Gasteiger partial charge in [-0.05, 0) is 19.9 Å². The van der Waals surface area contributed by atoms with Crippen molar-refractivity contribution in [2.45, 2.75) is 13.3 Å². The van der Waals surface area contributed by atoms with Crippen LogP contribution in [0.4, 0.5) is 5.69 Å². The summed E-state index contributed by atoms with van der Waals surface area (Å²) in [6, 6.07) is 2.50. The predicted molar refractivity (Wildman–Crippen MR) is 84.1 cm³/mol. The van der Waals surface area contributed by atoms with Crippen molar-refractivity contribution in [1.29, 1.82) is 0 Å². The number of carbonyl (C=O) groups excluding carboxylic acids is 1. The maximum atomic E-state index is 12.0. The molecule has 1 aromatic carbocycles. The fourth-order valence-corrected chi connectivity index (χ4v) is 1.71. The highest BCUT2D eigenvalue weighted by Gasteiger charge is 2.24. The minimum absolute atomic E-state index is 0. The first-order chi connectivity index (χ1) is 10.0. The van der Waals surface area contributed by atoms with Gasteiger partial charge in [0.2, 0.25) is 0 Å². The Labute approximate surface area is 134 Å². The van der Waals surface area contributed by atoms with Crippen LogP contribution in [0.5, 0.6) is 11.5 Å². The van der Waals surface area contributed by atoms with Crippen LogP contribution in [0.1, 0.15) is 23.7 Å². The number of nitro groups is 1. The zero-order valence-electron chi connectivity index (χ0n) is 12.5. The van der Waals surface area contributed by atoms with Crippen LogP contribution in [0.15, 0.2) is 12.1 Å². The van der Waals surface area contributed by atoms with Crippen LogP contribution < -0.4 is 20.5 Å². The van der Waals surface area contributed by atoms with Gasteiger partial charge in [-0.25, -0.2) is 0 Å². The zero-order chi connectivity index (χ0) is 15.8. The number of methoxy groups -OCH3 is 1. The van der Waals surface area contributed by atoms with Gasteiger partial charge in [-0.3, -0.25) is 14.9 Å². The Morgan fingerprint density at radius 3 is 2.59 bits per heavy atom. The second-order valence-electron chi connectivity index (χ2n) is 4.11. The lowest BCUT2D eigenvalue weighted by Crippen LogP contribution is -2.26. The van der Waals surface area contributed by atoms with E-state index in [0.29, 0.717) is 26.1 Å². The highest BCUT2D eigenvalue weighted by Crippen LogP contribution is 2.34. The molecule has 0 saturated carbocycles. The molecule has 1 amide bonds. The number of amides is 1. The molecule has 0 saturated heterocycles. The number of nitrogens with zero attached hydrogens (tertiary/aromatic N) is 1. The van der Waals surface area contributed by atoms with Gasteiger partial charge in [0.05, 0.1) is 24.7 Å². The number of rotatable bonds is 8. The van der Waals surface area contributed by atoms with Gasteiger partial charge in [-0.2, -0.15) is 0 Å². The molecule has 0 unspecified atom stereocenters. The maximum Gasteiger partial charge on any atom is 0.286 e. The number of carbonyl (C=O) groups is 1. The molecule has 9 heteroatoms. The molecule has 0 bridgehead atoms. The molecular formula is C13H20ClN3O5. The Morgan fingerprint density at radius 1 is 1.41 bits per heavy atom. The summed E-state index contributed by atoms with van der Waals surface area (Å²) < 4.78 is 10.4. The van der Waals surface area contributed by atoms with E-state index in [2.05, 4.69) is 5.32 Å².